The number of aromatic nitrogens is 5. The van der Waals surface area contributed by atoms with Crippen LogP contribution >= 0.6 is 0 Å². The molecule has 506 valence electrons. The predicted octanol–water partition coefficient (Wildman–Crippen LogP) is 17.0. The van der Waals surface area contributed by atoms with Crippen LogP contribution in [0.15, 0.2) is 175 Å². The highest BCUT2D eigenvalue weighted by Crippen LogP contribution is 2.41. The second-order valence-electron chi connectivity index (χ2n) is 20.0. The van der Waals surface area contributed by atoms with Crippen LogP contribution in [0.1, 0.15) is 91.7 Å². The number of ether oxygens (including phenoxy) is 5. The van der Waals surface area contributed by atoms with Gasteiger partial charge in [-0.3, -0.25) is 9.59 Å². The van der Waals surface area contributed by atoms with Crippen LogP contribution in [-0.2, 0) is 28.0 Å². The van der Waals surface area contributed by atoms with E-state index in [0.29, 0.717) is 11.6 Å². The lowest BCUT2D eigenvalue weighted by molar-refractivity contribution is -0.139. The number of ketones is 1. The van der Waals surface area contributed by atoms with Crippen molar-refractivity contribution in [2.45, 2.75) is 51.4 Å². The van der Waals surface area contributed by atoms with Gasteiger partial charge in [-0.25, -0.2) is 50.9 Å². The molecule has 0 aliphatic heterocycles. The Morgan fingerprint density at radius 1 is 0.495 bits per heavy atom. The average molecular weight is 1370 g/mol. The lowest BCUT2D eigenvalue weighted by Crippen LogP contribution is -2.17. The molecule has 0 aliphatic carbocycles. The number of anilines is 2. The first-order valence-corrected chi connectivity index (χ1v) is 27.6. The Kier molecular flexibility index (Phi) is 23.4. The Balaban J connectivity index is 0.000000193. The van der Waals surface area contributed by atoms with Crippen molar-refractivity contribution < 1.29 is 104 Å². The van der Waals surface area contributed by atoms with Crippen molar-refractivity contribution >= 4 is 40.0 Å². The van der Waals surface area contributed by atoms with Gasteiger partial charge in [0.15, 0.2) is 5.78 Å². The number of nitrogens with zero attached hydrogens (tertiary/aromatic N) is 5. The summed E-state index contributed by atoms with van der Waals surface area (Å²) in [5, 5.41) is 2.96. The number of benzene rings is 6. The molecular weight excluding hydrogens is 1320 g/mol. The van der Waals surface area contributed by atoms with Crippen molar-refractivity contribution in [1.82, 2.24) is 24.5 Å². The van der Waals surface area contributed by atoms with Gasteiger partial charge in [-0.15, -0.1) is 0 Å². The number of carbonyl (C=O) groups is 3. The standard InChI is InChI=1S/C22H14F5N3O2.C22H17F5N2O3.C14H11F3N2O3.C8H6F2O/c1-12(15-6-4-13(23)9-18(15)24)30-11-29-20(31)16-10-14(5-7-19(16)30)32-21-17(22(25,26)27)3-2-8-28-21;1-12(15-7-5-13(23)10-18(15)24)29-19-8-6-14(11-16(19)21(30)31-2)32-20-17(22(25,26)27)4-3-9-28-20;1-21-13(20)9-7-8(4-5-11(9)18)22-12-10(14(15,16)17)3-2-6-19-12;1-5(11)7-3-2-6(9)4-8(7)10/h2-12H,1H3;3-12,29H,1-2H3;2-7H,18H2,1H3;2-4H,1H3. The summed E-state index contributed by atoms with van der Waals surface area (Å²) in [7, 11) is 2.29. The zero-order valence-corrected chi connectivity index (χ0v) is 50.5. The quantitative estimate of drug-likeness (QED) is 0.0449. The minimum Gasteiger partial charge on any atom is -0.465 e. The molecule has 3 N–H and O–H groups in total. The van der Waals surface area contributed by atoms with Gasteiger partial charge in [0.1, 0.15) is 68.8 Å². The van der Waals surface area contributed by atoms with Gasteiger partial charge in [-0.05, 0) is 136 Å². The number of carbonyl (C=O) groups excluding carboxylic acids is 3. The maximum atomic E-state index is 14.3. The number of alkyl halides is 9. The van der Waals surface area contributed by atoms with E-state index in [0.717, 1.165) is 99.4 Å². The third kappa shape index (κ3) is 18.9. The smallest absolute Gasteiger partial charge is 0.421 e. The highest BCUT2D eigenvalue weighted by molar-refractivity contribution is 5.97. The first-order chi connectivity index (χ1) is 45.7. The zero-order chi connectivity index (χ0) is 71.3. The summed E-state index contributed by atoms with van der Waals surface area (Å²) >= 11 is 0. The number of nitrogens with one attached hydrogen (secondary N) is 1. The Bertz CT molecular complexity index is 4570. The Morgan fingerprint density at radius 3 is 1.37 bits per heavy atom. The van der Waals surface area contributed by atoms with Crippen LogP contribution in [0.3, 0.4) is 0 Å². The van der Waals surface area contributed by atoms with Crippen molar-refractivity contribution in [3.05, 3.63) is 260 Å². The van der Waals surface area contributed by atoms with E-state index in [-0.39, 0.29) is 61.8 Å². The van der Waals surface area contributed by atoms with E-state index in [9.17, 15) is 85.0 Å². The largest absolute Gasteiger partial charge is 0.465 e. The van der Waals surface area contributed by atoms with Gasteiger partial charge >= 0.3 is 30.5 Å². The lowest BCUT2D eigenvalue weighted by Gasteiger charge is -2.19. The van der Waals surface area contributed by atoms with Crippen LogP contribution < -0.4 is 30.8 Å². The van der Waals surface area contributed by atoms with Gasteiger partial charge in [0, 0.05) is 59.3 Å². The summed E-state index contributed by atoms with van der Waals surface area (Å²) in [6.07, 6.45) is -9.29. The number of fused-ring (bicyclic) bond motifs is 1. The molecule has 0 spiro atoms. The van der Waals surface area contributed by atoms with Crippen LogP contribution in [0.2, 0.25) is 0 Å². The molecule has 4 aromatic heterocycles. The maximum Gasteiger partial charge on any atom is 0.421 e. The molecule has 0 fully saturated rings. The topological polar surface area (TPSA) is 209 Å². The summed E-state index contributed by atoms with van der Waals surface area (Å²) in [6, 6.07) is 25.4. The van der Waals surface area contributed by atoms with Gasteiger partial charge in [0.25, 0.3) is 5.56 Å². The molecule has 6 aromatic carbocycles. The molecule has 97 heavy (non-hydrogen) atoms. The molecule has 2 atom stereocenters. The summed E-state index contributed by atoms with van der Waals surface area (Å²) in [6.45, 7) is 4.46. The Labute approximate surface area is 538 Å². The summed E-state index contributed by atoms with van der Waals surface area (Å²) in [4.78, 5) is 61.3. The van der Waals surface area contributed by atoms with Crippen LogP contribution in [-0.4, -0.2) is 56.4 Å². The number of Topliss-reactive ketones (excluding diaryl/α,β-unsaturated/α-hetero) is 1. The number of esters is 2. The number of halogens is 15. The summed E-state index contributed by atoms with van der Waals surface area (Å²) in [5.74, 6) is -8.54. The molecule has 4 heterocycles. The first-order valence-electron chi connectivity index (χ1n) is 27.6. The number of nitrogens with two attached hydrogens (primary N) is 1. The number of rotatable bonds is 14. The fourth-order valence-electron chi connectivity index (χ4n) is 8.73. The van der Waals surface area contributed by atoms with Gasteiger partial charge in [0.05, 0.1) is 60.2 Å². The average Bonchev–Trinajstić information content (AvgIpc) is 0.788. The molecule has 0 aliphatic rings. The minimum atomic E-state index is -4.69. The van der Waals surface area contributed by atoms with Gasteiger partial charge in [-0.2, -0.15) is 44.5 Å². The van der Waals surface area contributed by atoms with E-state index in [2.05, 4.69) is 30.0 Å². The number of hydrogen-bond acceptors (Lipinski definition) is 15. The van der Waals surface area contributed by atoms with Gasteiger partial charge in [-0.1, -0.05) is 12.1 Å². The molecule has 0 saturated heterocycles. The van der Waals surface area contributed by atoms with Crippen molar-refractivity contribution in [2.75, 3.05) is 25.3 Å². The SMILES string of the molecule is CC(=O)c1ccc(F)cc1F.CC(c1ccc(F)cc1F)n1cnc(=O)c2cc(Oc3ncccc3C(F)(F)F)ccc21.COC(=O)c1cc(Oc2ncccc2C(F)(F)F)ccc1N.COC(=O)c1cc(Oc2ncccc2C(F)(F)F)ccc1NC(C)c1ccc(F)cc1F. The second-order valence-corrected chi connectivity index (χ2v) is 20.0. The van der Waals surface area contributed by atoms with E-state index < -0.39 is 123 Å². The molecule has 10 aromatic rings. The highest BCUT2D eigenvalue weighted by Gasteiger charge is 2.38. The normalized spacial score (nSPS) is 11.8. The molecule has 31 heteroatoms. The maximum absolute atomic E-state index is 14.3. The van der Waals surface area contributed by atoms with E-state index in [1.54, 1.807) is 13.8 Å². The molecule has 0 radical (unpaired) electrons. The van der Waals surface area contributed by atoms with E-state index in [4.69, 9.17) is 24.7 Å². The molecule has 0 saturated carbocycles. The first kappa shape index (κ1) is 72.9. The summed E-state index contributed by atoms with van der Waals surface area (Å²) in [5.41, 5.74) is 2.62. The zero-order valence-electron chi connectivity index (χ0n) is 50.5. The molecule has 10 rings (SSSR count). The van der Waals surface area contributed by atoms with Gasteiger partial charge in [0.2, 0.25) is 17.6 Å². The Hall–Kier alpha value is -11.5. The van der Waals surface area contributed by atoms with Crippen LogP contribution in [0.4, 0.5) is 77.2 Å². The van der Waals surface area contributed by atoms with Crippen LogP contribution in [0.25, 0.3) is 10.9 Å². The second kappa shape index (κ2) is 31.1. The fourth-order valence-corrected chi connectivity index (χ4v) is 8.73. The molecular formula is C66H48F15N7O9. The third-order valence-electron chi connectivity index (χ3n) is 13.4. The van der Waals surface area contributed by atoms with E-state index in [1.165, 1.54) is 90.7 Å². The third-order valence-corrected chi connectivity index (χ3v) is 13.4. The molecule has 2 unspecified atom stereocenters. The summed E-state index contributed by atoms with van der Waals surface area (Å²) < 4.78 is 224. The van der Waals surface area contributed by atoms with E-state index in [1.807, 2.05) is 0 Å². The van der Waals surface area contributed by atoms with Crippen LogP contribution in [0.5, 0.6) is 34.9 Å². The minimum absolute atomic E-state index is 0.00973. The molecule has 0 amide bonds. The Morgan fingerprint density at radius 2 is 0.918 bits per heavy atom. The lowest BCUT2D eigenvalue weighted by atomic mass is 10.1. The number of pyridine rings is 3. The predicted molar refractivity (Wildman–Crippen MR) is 319 cm³/mol. The van der Waals surface area contributed by atoms with Crippen molar-refractivity contribution in [3.63, 3.8) is 0 Å². The fraction of sp³-hybridized carbons (Fsp3) is 0.152. The number of hydrogen-bond donors (Lipinski definition) is 2. The number of nitrogen functional groups attached to an aromatic ring is 1. The highest BCUT2D eigenvalue weighted by atomic mass is 19.4. The monoisotopic (exact) mass is 1370 g/mol. The number of methoxy groups -OCH3 is 2. The van der Waals surface area contributed by atoms with E-state index >= 15 is 0 Å². The van der Waals surface area contributed by atoms with Crippen molar-refractivity contribution in [1.29, 1.82) is 0 Å². The van der Waals surface area contributed by atoms with Crippen LogP contribution in [0, 0.1) is 34.9 Å². The van der Waals surface area contributed by atoms with Crippen molar-refractivity contribution in [3.8, 4) is 34.9 Å². The van der Waals surface area contributed by atoms with Gasteiger partial charge < -0.3 is 39.3 Å². The van der Waals surface area contributed by atoms with Crippen molar-refractivity contribution in [2.24, 2.45) is 0 Å². The molecule has 0 bridgehead atoms. The molecule has 16 nitrogen and oxygen atoms in total.